The standard InChI is InChI=1S/C15H22N2OS/c1-11(19-2)7-8-16-15(18)14-9-12-5-3-4-6-13(12)10-17-14/h3-6,11,14,17H,7-10H2,1-2H3,(H,16,18)/t11?,14-/m0/s1. The first-order chi connectivity index (χ1) is 9.20. The number of amides is 1. The Morgan fingerprint density at radius 3 is 2.95 bits per heavy atom. The lowest BCUT2D eigenvalue weighted by molar-refractivity contribution is -0.123. The van der Waals surface area contributed by atoms with Crippen LogP contribution in [0.4, 0.5) is 0 Å². The summed E-state index contributed by atoms with van der Waals surface area (Å²) in [7, 11) is 0. The number of fused-ring (bicyclic) bond motifs is 1. The highest BCUT2D eigenvalue weighted by atomic mass is 32.2. The van der Waals surface area contributed by atoms with Gasteiger partial charge < -0.3 is 10.6 Å². The van der Waals surface area contributed by atoms with E-state index >= 15 is 0 Å². The van der Waals surface area contributed by atoms with Crippen molar-refractivity contribution in [3.05, 3.63) is 35.4 Å². The summed E-state index contributed by atoms with van der Waals surface area (Å²) in [5, 5.41) is 6.94. The highest BCUT2D eigenvalue weighted by molar-refractivity contribution is 7.99. The van der Waals surface area contributed by atoms with E-state index in [0.29, 0.717) is 5.25 Å². The van der Waals surface area contributed by atoms with Gasteiger partial charge in [-0.25, -0.2) is 0 Å². The molecule has 2 atom stereocenters. The predicted octanol–water partition coefficient (Wildman–Crippen LogP) is 1.96. The first kappa shape index (κ1) is 14.4. The minimum absolute atomic E-state index is 0.0838. The first-order valence-corrected chi connectivity index (χ1v) is 8.10. The molecule has 0 bridgehead atoms. The van der Waals surface area contributed by atoms with Crippen LogP contribution in [-0.2, 0) is 17.8 Å². The molecule has 19 heavy (non-hydrogen) atoms. The number of rotatable bonds is 5. The van der Waals surface area contributed by atoms with Gasteiger partial charge in [0.15, 0.2) is 0 Å². The summed E-state index contributed by atoms with van der Waals surface area (Å²) in [6.45, 7) is 3.74. The van der Waals surface area contributed by atoms with Crippen molar-refractivity contribution in [2.75, 3.05) is 12.8 Å². The summed E-state index contributed by atoms with van der Waals surface area (Å²) in [6, 6.07) is 8.24. The summed E-state index contributed by atoms with van der Waals surface area (Å²) in [6.07, 6.45) is 3.92. The van der Waals surface area contributed by atoms with Gasteiger partial charge in [0.2, 0.25) is 5.91 Å². The van der Waals surface area contributed by atoms with Crippen LogP contribution in [0.5, 0.6) is 0 Å². The molecule has 1 aliphatic heterocycles. The molecule has 0 aliphatic carbocycles. The second-order valence-electron chi connectivity index (χ2n) is 5.03. The summed E-state index contributed by atoms with van der Waals surface area (Å²) >= 11 is 1.84. The Balaban J connectivity index is 1.82. The van der Waals surface area contributed by atoms with Crippen molar-refractivity contribution in [2.45, 2.75) is 37.6 Å². The van der Waals surface area contributed by atoms with E-state index in [1.54, 1.807) is 0 Å². The molecule has 1 aromatic carbocycles. The second-order valence-corrected chi connectivity index (χ2v) is 6.31. The van der Waals surface area contributed by atoms with Gasteiger partial charge in [-0.1, -0.05) is 31.2 Å². The van der Waals surface area contributed by atoms with Crippen molar-refractivity contribution in [3.8, 4) is 0 Å². The van der Waals surface area contributed by atoms with Gasteiger partial charge in [-0.15, -0.1) is 0 Å². The zero-order valence-corrected chi connectivity index (χ0v) is 12.4. The number of carbonyl (C=O) groups excluding carboxylic acids is 1. The third kappa shape index (κ3) is 3.98. The molecule has 1 unspecified atom stereocenters. The molecule has 1 aliphatic rings. The Labute approximate surface area is 119 Å². The van der Waals surface area contributed by atoms with E-state index in [2.05, 4.69) is 35.9 Å². The molecule has 0 aromatic heterocycles. The second kappa shape index (κ2) is 6.96. The van der Waals surface area contributed by atoms with Crippen LogP contribution in [0.25, 0.3) is 0 Å². The quantitative estimate of drug-likeness (QED) is 0.865. The lowest BCUT2D eigenvalue weighted by Crippen LogP contribution is -2.48. The van der Waals surface area contributed by atoms with Crippen LogP contribution in [0.15, 0.2) is 24.3 Å². The smallest absolute Gasteiger partial charge is 0.237 e. The predicted molar refractivity (Wildman–Crippen MR) is 81.4 cm³/mol. The van der Waals surface area contributed by atoms with Crippen LogP contribution in [-0.4, -0.2) is 30.0 Å². The number of hydrogen-bond donors (Lipinski definition) is 2. The van der Waals surface area contributed by atoms with Crippen molar-refractivity contribution in [1.82, 2.24) is 10.6 Å². The number of nitrogens with one attached hydrogen (secondary N) is 2. The zero-order valence-electron chi connectivity index (χ0n) is 11.6. The van der Waals surface area contributed by atoms with E-state index in [-0.39, 0.29) is 11.9 Å². The molecular weight excluding hydrogens is 256 g/mol. The van der Waals surface area contributed by atoms with Crippen molar-refractivity contribution >= 4 is 17.7 Å². The van der Waals surface area contributed by atoms with Gasteiger partial charge >= 0.3 is 0 Å². The van der Waals surface area contributed by atoms with Crippen molar-refractivity contribution in [2.24, 2.45) is 0 Å². The topological polar surface area (TPSA) is 41.1 Å². The lowest BCUT2D eigenvalue weighted by atomic mass is 9.95. The van der Waals surface area contributed by atoms with Crippen LogP contribution in [0.2, 0.25) is 0 Å². The Kier molecular flexibility index (Phi) is 5.28. The molecule has 2 N–H and O–H groups in total. The fourth-order valence-corrected chi connectivity index (χ4v) is 2.63. The van der Waals surface area contributed by atoms with Gasteiger partial charge in [-0.2, -0.15) is 11.8 Å². The average Bonchev–Trinajstić information content (AvgIpc) is 2.46. The van der Waals surface area contributed by atoms with Gasteiger partial charge in [0.05, 0.1) is 6.04 Å². The Morgan fingerprint density at radius 2 is 2.21 bits per heavy atom. The molecule has 2 rings (SSSR count). The molecule has 1 amide bonds. The highest BCUT2D eigenvalue weighted by Gasteiger charge is 2.23. The summed E-state index contributed by atoms with van der Waals surface area (Å²) in [5.41, 5.74) is 2.60. The summed E-state index contributed by atoms with van der Waals surface area (Å²) in [4.78, 5) is 12.1. The maximum Gasteiger partial charge on any atom is 0.237 e. The normalized spacial score (nSPS) is 19.6. The van der Waals surface area contributed by atoms with E-state index in [4.69, 9.17) is 0 Å². The van der Waals surface area contributed by atoms with Gasteiger partial charge in [-0.05, 0) is 30.2 Å². The Morgan fingerprint density at radius 1 is 1.47 bits per heavy atom. The maximum absolute atomic E-state index is 12.1. The van der Waals surface area contributed by atoms with Gasteiger partial charge in [0.1, 0.15) is 0 Å². The molecule has 0 radical (unpaired) electrons. The molecule has 0 spiro atoms. The number of hydrogen-bond acceptors (Lipinski definition) is 3. The van der Waals surface area contributed by atoms with Crippen molar-refractivity contribution < 1.29 is 4.79 Å². The van der Waals surface area contributed by atoms with E-state index in [1.807, 2.05) is 23.9 Å². The molecule has 0 saturated carbocycles. The third-order valence-electron chi connectivity index (χ3n) is 3.65. The molecule has 1 heterocycles. The fourth-order valence-electron chi connectivity index (χ4n) is 2.28. The van der Waals surface area contributed by atoms with Gasteiger partial charge in [0.25, 0.3) is 0 Å². The highest BCUT2D eigenvalue weighted by Crippen LogP contribution is 2.16. The van der Waals surface area contributed by atoms with Gasteiger partial charge in [-0.3, -0.25) is 4.79 Å². The van der Waals surface area contributed by atoms with E-state index in [9.17, 15) is 4.79 Å². The number of carbonyl (C=O) groups is 1. The van der Waals surface area contributed by atoms with Crippen LogP contribution < -0.4 is 10.6 Å². The van der Waals surface area contributed by atoms with E-state index < -0.39 is 0 Å². The maximum atomic E-state index is 12.1. The third-order valence-corrected chi connectivity index (χ3v) is 4.69. The zero-order chi connectivity index (χ0) is 13.7. The average molecular weight is 278 g/mol. The van der Waals surface area contributed by atoms with Gasteiger partial charge in [0, 0.05) is 18.3 Å². The van der Waals surface area contributed by atoms with E-state index in [1.165, 1.54) is 11.1 Å². The lowest BCUT2D eigenvalue weighted by Gasteiger charge is -2.25. The minimum Gasteiger partial charge on any atom is -0.355 e. The number of thioether (sulfide) groups is 1. The largest absolute Gasteiger partial charge is 0.355 e. The Hall–Kier alpha value is -1.00. The fraction of sp³-hybridized carbons (Fsp3) is 0.533. The number of benzene rings is 1. The molecule has 104 valence electrons. The van der Waals surface area contributed by atoms with Crippen LogP contribution in [0, 0.1) is 0 Å². The van der Waals surface area contributed by atoms with E-state index in [0.717, 1.165) is 25.9 Å². The molecule has 4 heteroatoms. The van der Waals surface area contributed by atoms with Crippen molar-refractivity contribution in [3.63, 3.8) is 0 Å². The van der Waals surface area contributed by atoms with Crippen LogP contribution in [0.1, 0.15) is 24.5 Å². The van der Waals surface area contributed by atoms with Crippen LogP contribution in [0.3, 0.4) is 0 Å². The molecular formula is C15H22N2OS. The minimum atomic E-state index is -0.0838. The van der Waals surface area contributed by atoms with Crippen LogP contribution >= 0.6 is 11.8 Å². The molecule has 0 saturated heterocycles. The Bertz CT molecular complexity index is 436. The summed E-state index contributed by atoms with van der Waals surface area (Å²) in [5.74, 6) is 0.128. The molecule has 3 nitrogen and oxygen atoms in total. The SMILES string of the molecule is CSC(C)CCNC(=O)[C@@H]1Cc2ccccc2CN1. The summed E-state index contributed by atoms with van der Waals surface area (Å²) < 4.78 is 0. The van der Waals surface area contributed by atoms with Crippen molar-refractivity contribution in [1.29, 1.82) is 0 Å². The first-order valence-electron chi connectivity index (χ1n) is 6.81. The monoisotopic (exact) mass is 278 g/mol. The molecule has 1 aromatic rings. The molecule has 0 fully saturated rings.